The van der Waals surface area contributed by atoms with E-state index in [1.807, 2.05) is 6.07 Å². The summed E-state index contributed by atoms with van der Waals surface area (Å²) in [4.78, 5) is 0. The van der Waals surface area contributed by atoms with Crippen LogP contribution >= 0.6 is 0 Å². The molecule has 3 rings (SSSR count). The molecule has 0 saturated carbocycles. The van der Waals surface area contributed by atoms with E-state index in [1.54, 1.807) is 0 Å². The van der Waals surface area contributed by atoms with Crippen LogP contribution in [0.2, 0.25) is 0 Å². The molecule has 0 fully saturated rings. The summed E-state index contributed by atoms with van der Waals surface area (Å²) in [6.45, 7) is 0. The largest absolute Gasteiger partial charge is 4.00 e. The molecule has 96 valence electrons. The maximum atomic E-state index is 3.41. The van der Waals surface area contributed by atoms with Crippen LogP contribution in [0.4, 0.5) is 0 Å². The molecule has 4 heteroatoms. The number of halogens is 3. The molecule has 1 aliphatic rings. The molecule has 0 bridgehead atoms. The van der Waals surface area contributed by atoms with Crippen molar-refractivity contribution in [2.75, 3.05) is 0 Å². The van der Waals surface area contributed by atoms with Crippen molar-refractivity contribution in [1.82, 2.24) is 0 Å². The third kappa shape index (κ3) is 4.46. The molecule has 0 aromatic heterocycles. The number of hydrogen-bond acceptors (Lipinski definition) is 0. The van der Waals surface area contributed by atoms with Crippen LogP contribution < -0.4 is 37.2 Å². The fraction of sp³-hybridized carbons (Fsp3) is 0.0667. The van der Waals surface area contributed by atoms with Gasteiger partial charge in [0.2, 0.25) is 0 Å². The Morgan fingerprint density at radius 1 is 0.737 bits per heavy atom. The molecule has 2 aromatic rings. The number of fused-ring (bicyclic) bond motifs is 1. The average molecular weight is 389 g/mol. The summed E-state index contributed by atoms with van der Waals surface area (Å²) in [5, 5.41) is 0. The molecule has 0 N–H and O–H groups in total. The summed E-state index contributed by atoms with van der Waals surface area (Å²) in [7, 11) is 0. The van der Waals surface area contributed by atoms with Crippen molar-refractivity contribution in [1.29, 1.82) is 0 Å². The SMILES string of the molecule is [C-]1=Cc2ccccc2C1c1ccccc1.[Cl-].[Cl-].[Cl-].[Zr+4]. The predicted molar refractivity (Wildman–Crippen MR) is 62.4 cm³/mol. The van der Waals surface area contributed by atoms with E-state index in [1.165, 1.54) is 16.7 Å². The predicted octanol–water partition coefficient (Wildman–Crippen LogP) is -5.34. The van der Waals surface area contributed by atoms with Gasteiger partial charge in [0.15, 0.2) is 0 Å². The van der Waals surface area contributed by atoms with Gasteiger partial charge in [-0.2, -0.15) is 5.56 Å². The van der Waals surface area contributed by atoms with Crippen LogP contribution in [0.15, 0.2) is 54.6 Å². The molecular weight excluding hydrogens is 378 g/mol. The van der Waals surface area contributed by atoms with Gasteiger partial charge < -0.3 is 37.2 Å². The summed E-state index contributed by atoms with van der Waals surface area (Å²) in [6, 6.07) is 19.0. The normalized spacial score (nSPS) is 14.0. The minimum absolute atomic E-state index is 0. The second kappa shape index (κ2) is 9.78. The van der Waals surface area contributed by atoms with Crippen LogP contribution in [0.3, 0.4) is 0 Å². The van der Waals surface area contributed by atoms with Crippen molar-refractivity contribution in [3.05, 3.63) is 77.4 Å². The van der Waals surface area contributed by atoms with Gasteiger partial charge in [-0.15, -0.1) is 11.6 Å². The monoisotopic (exact) mass is 386 g/mol. The van der Waals surface area contributed by atoms with Gasteiger partial charge >= 0.3 is 26.2 Å². The van der Waals surface area contributed by atoms with Crippen molar-refractivity contribution in [2.45, 2.75) is 5.92 Å². The fourth-order valence-electron chi connectivity index (χ4n) is 2.09. The van der Waals surface area contributed by atoms with Gasteiger partial charge in [0.05, 0.1) is 0 Å². The van der Waals surface area contributed by atoms with Gasteiger partial charge in [-0.25, -0.2) is 6.08 Å². The molecule has 19 heavy (non-hydrogen) atoms. The van der Waals surface area contributed by atoms with Crippen LogP contribution in [0.25, 0.3) is 6.08 Å². The van der Waals surface area contributed by atoms with Crippen LogP contribution in [0.1, 0.15) is 22.6 Å². The average Bonchev–Trinajstić information content (AvgIpc) is 2.74. The van der Waals surface area contributed by atoms with Crippen LogP contribution in [0, 0.1) is 6.08 Å². The van der Waals surface area contributed by atoms with Crippen molar-refractivity contribution in [2.24, 2.45) is 0 Å². The van der Waals surface area contributed by atoms with Crippen molar-refractivity contribution >= 4 is 6.08 Å². The van der Waals surface area contributed by atoms with Gasteiger partial charge in [0, 0.05) is 0 Å². The molecule has 0 aliphatic heterocycles. The molecule has 0 nitrogen and oxygen atoms in total. The van der Waals surface area contributed by atoms with Crippen LogP contribution in [-0.4, -0.2) is 0 Å². The van der Waals surface area contributed by atoms with Gasteiger partial charge in [0.25, 0.3) is 0 Å². The van der Waals surface area contributed by atoms with Crippen molar-refractivity contribution in [3.8, 4) is 0 Å². The minimum Gasteiger partial charge on any atom is -1.00 e. The first-order chi connectivity index (χ1) is 7.45. The first kappa shape index (κ1) is 21.2. The summed E-state index contributed by atoms with van der Waals surface area (Å²) in [5.41, 5.74) is 3.98. The van der Waals surface area contributed by atoms with Crippen molar-refractivity contribution in [3.63, 3.8) is 0 Å². The van der Waals surface area contributed by atoms with E-state index in [0.29, 0.717) is 5.92 Å². The minimum atomic E-state index is 0. The zero-order valence-corrected chi connectivity index (χ0v) is 14.7. The molecule has 0 radical (unpaired) electrons. The van der Waals surface area contributed by atoms with E-state index in [4.69, 9.17) is 0 Å². The van der Waals surface area contributed by atoms with Gasteiger partial charge in [-0.3, -0.25) is 6.08 Å². The topological polar surface area (TPSA) is 0 Å². The van der Waals surface area contributed by atoms with Gasteiger partial charge in [-0.05, 0) is 0 Å². The Bertz CT molecular complexity index is 512. The first-order valence-corrected chi connectivity index (χ1v) is 5.18. The van der Waals surface area contributed by atoms with Crippen LogP contribution in [0.5, 0.6) is 0 Å². The summed E-state index contributed by atoms with van der Waals surface area (Å²) >= 11 is 0. The number of allylic oxidation sites excluding steroid dienone is 1. The molecule has 0 spiro atoms. The van der Waals surface area contributed by atoms with E-state index >= 15 is 0 Å². The second-order valence-corrected chi connectivity index (χ2v) is 3.78. The van der Waals surface area contributed by atoms with E-state index in [9.17, 15) is 0 Å². The standard InChI is InChI=1S/C15H11.3ClH.Zr/c1-2-6-12(7-3-1)15-11-10-13-8-4-5-9-14(13)15;;;;/h1-10,15H;3*1H;/q-1;;;;+4/p-3. The smallest absolute Gasteiger partial charge is 1.00 e. The Balaban J connectivity index is 0. The van der Waals surface area contributed by atoms with E-state index < -0.39 is 0 Å². The van der Waals surface area contributed by atoms with Crippen molar-refractivity contribution < 1.29 is 63.4 Å². The Hall–Kier alpha value is -0.0669. The quantitative estimate of drug-likeness (QED) is 0.428. The fourth-order valence-corrected chi connectivity index (χ4v) is 2.09. The molecule has 0 saturated heterocycles. The Kier molecular flexibility index (Phi) is 10.9. The number of rotatable bonds is 1. The molecule has 0 amide bonds. The summed E-state index contributed by atoms with van der Waals surface area (Å²) in [6.07, 6.45) is 5.50. The first-order valence-electron chi connectivity index (χ1n) is 5.18. The molecule has 0 heterocycles. The van der Waals surface area contributed by atoms with Gasteiger partial charge in [0.1, 0.15) is 0 Å². The third-order valence-corrected chi connectivity index (χ3v) is 2.85. The Morgan fingerprint density at radius 2 is 1.32 bits per heavy atom. The zero-order chi connectivity index (χ0) is 10.1. The molecular formula is C15H11Cl3Zr. The Labute approximate surface area is 152 Å². The second-order valence-electron chi connectivity index (χ2n) is 3.78. The summed E-state index contributed by atoms with van der Waals surface area (Å²) in [5.74, 6) is 0.322. The van der Waals surface area contributed by atoms with E-state index in [-0.39, 0.29) is 63.4 Å². The molecule has 1 atom stereocenters. The third-order valence-electron chi connectivity index (χ3n) is 2.85. The molecule has 2 aromatic carbocycles. The maximum absolute atomic E-state index is 3.41. The van der Waals surface area contributed by atoms with E-state index in [0.717, 1.165) is 0 Å². The maximum Gasteiger partial charge on any atom is 4.00 e. The molecule has 1 unspecified atom stereocenters. The number of benzene rings is 2. The molecule has 1 aliphatic carbocycles. The Morgan fingerprint density at radius 3 is 2.00 bits per heavy atom. The summed E-state index contributed by atoms with van der Waals surface area (Å²) < 4.78 is 0. The zero-order valence-electron chi connectivity index (χ0n) is 9.98. The van der Waals surface area contributed by atoms with Gasteiger partial charge in [-0.1, -0.05) is 60.0 Å². The van der Waals surface area contributed by atoms with Crippen LogP contribution in [-0.2, 0) is 26.2 Å². The number of hydrogen-bond donors (Lipinski definition) is 0. The van der Waals surface area contributed by atoms with E-state index in [2.05, 4.69) is 60.7 Å².